The molecule has 4 aliphatic rings. The Kier molecular flexibility index (Phi) is 2.39. The van der Waals surface area contributed by atoms with Crippen LogP contribution in [0.25, 0.3) is 0 Å². The summed E-state index contributed by atoms with van der Waals surface area (Å²) in [6.07, 6.45) is 6.22. The molecule has 0 aliphatic heterocycles. The second kappa shape index (κ2) is 3.60. The van der Waals surface area contributed by atoms with Gasteiger partial charge in [-0.1, -0.05) is 13.5 Å². The van der Waals surface area contributed by atoms with Gasteiger partial charge in [-0.25, -0.2) is 4.79 Å². The second-order valence-electron chi connectivity index (χ2n) is 6.35. The SMILES string of the molecule is C=C(C)C(=O)OC1(CC)C2CC3CC(C2)C1C3. The number of carbonyl (C=O) groups excluding carboxylic acids is 1. The predicted octanol–water partition coefficient (Wildman–Crippen LogP) is 3.32. The largest absolute Gasteiger partial charge is 0.455 e. The summed E-state index contributed by atoms with van der Waals surface area (Å²) in [6, 6.07) is 0. The van der Waals surface area contributed by atoms with Gasteiger partial charge in [0, 0.05) is 11.5 Å². The number of esters is 1. The third-order valence-electron chi connectivity index (χ3n) is 5.50. The normalized spacial score (nSPS) is 46.2. The van der Waals surface area contributed by atoms with Crippen molar-refractivity contribution in [3.63, 3.8) is 0 Å². The van der Waals surface area contributed by atoms with E-state index in [2.05, 4.69) is 13.5 Å². The number of ether oxygens (including phenoxy) is 1. The number of carbonyl (C=O) groups is 1. The molecule has 0 amide bonds. The highest BCUT2D eigenvalue weighted by atomic mass is 16.6. The molecule has 4 saturated carbocycles. The molecule has 17 heavy (non-hydrogen) atoms. The lowest BCUT2D eigenvalue weighted by atomic mass is 9.71. The van der Waals surface area contributed by atoms with E-state index in [1.165, 1.54) is 25.7 Å². The van der Waals surface area contributed by atoms with E-state index in [4.69, 9.17) is 4.74 Å². The number of rotatable bonds is 3. The fraction of sp³-hybridized carbons (Fsp3) is 0.800. The predicted molar refractivity (Wildman–Crippen MR) is 66.4 cm³/mol. The summed E-state index contributed by atoms with van der Waals surface area (Å²) in [5, 5.41) is 0. The zero-order valence-corrected chi connectivity index (χ0v) is 10.9. The Bertz CT molecular complexity index is 369. The van der Waals surface area contributed by atoms with E-state index in [0.29, 0.717) is 17.4 Å². The van der Waals surface area contributed by atoms with Crippen molar-refractivity contribution in [2.75, 3.05) is 0 Å². The van der Waals surface area contributed by atoms with Crippen molar-refractivity contribution in [1.29, 1.82) is 0 Å². The molecule has 5 unspecified atom stereocenters. The highest BCUT2D eigenvalue weighted by Crippen LogP contribution is 2.65. The smallest absolute Gasteiger partial charge is 0.333 e. The lowest BCUT2D eigenvalue weighted by Gasteiger charge is -2.43. The van der Waals surface area contributed by atoms with E-state index in [0.717, 1.165) is 18.3 Å². The molecule has 0 aromatic carbocycles. The van der Waals surface area contributed by atoms with Gasteiger partial charge in [-0.3, -0.25) is 0 Å². The summed E-state index contributed by atoms with van der Waals surface area (Å²) < 4.78 is 5.94. The summed E-state index contributed by atoms with van der Waals surface area (Å²) in [4.78, 5) is 11.9. The fourth-order valence-corrected chi connectivity index (χ4v) is 4.90. The van der Waals surface area contributed by atoms with E-state index in [9.17, 15) is 4.79 Å². The Labute approximate surface area is 103 Å². The minimum absolute atomic E-state index is 0.145. The van der Waals surface area contributed by atoms with Crippen molar-refractivity contribution in [1.82, 2.24) is 0 Å². The molecule has 2 heteroatoms. The Morgan fingerprint density at radius 3 is 2.71 bits per heavy atom. The molecule has 0 aromatic rings. The lowest BCUT2D eigenvalue weighted by Crippen LogP contribution is -2.47. The average molecular weight is 234 g/mol. The maximum Gasteiger partial charge on any atom is 0.333 e. The van der Waals surface area contributed by atoms with Gasteiger partial charge in [-0.2, -0.15) is 0 Å². The van der Waals surface area contributed by atoms with Crippen LogP contribution < -0.4 is 0 Å². The molecule has 0 heterocycles. The Balaban J connectivity index is 1.88. The Morgan fingerprint density at radius 1 is 1.35 bits per heavy atom. The molecule has 4 bridgehead atoms. The maximum atomic E-state index is 11.9. The minimum Gasteiger partial charge on any atom is -0.455 e. The van der Waals surface area contributed by atoms with Gasteiger partial charge in [0.25, 0.3) is 0 Å². The number of hydrogen-bond donors (Lipinski definition) is 0. The van der Waals surface area contributed by atoms with Crippen LogP contribution >= 0.6 is 0 Å². The average Bonchev–Trinajstić information content (AvgIpc) is 2.69. The van der Waals surface area contributed by atoms with E-state index in [-0.39, 0.29) is 11.6 Å². The van der Waals surface area contributed by atoms with Crippen molar-refractivity contribution >= 4 is 5.97 Å². The summed E-state index contributed by atoms with van der Waals surface area (Å²) >= 11 is 0. The van der Waals surface area contributed by atoms with Crippen LogP contribution in [0.15, 0.2) is 12.2 Å². The van der Waals surface area contributed by atoms with Gasteiger partial charge in [0.15, 0.2) is 0 Å². The van der Waals surface area contributed by atoms with Crippen LogP contribution in [0.3, 0.4) is 0 Å². The van der Waals surface area contributed by atoms with Crippen molar-refractivity contribution in [3.05, 3.63) is 12.2 Å². The standard InChI is InChI=1S/C15H22O2/c1-4-15(17-14(16)9(2)3)12-6-10-5-11(8-12)13(15)7-10/h10-13H,2,4-8H2,1,3H3. The Hall–Kier alpha value is -0.790. The molecule has 4 rings (SSSR count). The Morgan fingerprint density at radius 2 is 2.12 bits per heavy atom. The number of hydrogen-bond acceptors (Lipinski definition) is 2. The third-order valence-corrected chi connectivity index (χ3v) is 5.50. The first-order chi connectivity index (χ1) is 8.06. The van der Waals surface area contributed by atoms with Crippen LogP contribution in [0.2, 0.25) is 0 Å². The summed E-state index contributed by atoms with van der Waals surface area (Å²) in [5.41, 5.74) is 0.392. The first-order valence-electron chi connectivity index (χ1n) is 6.95. The van der Waals surface area contributed by atoms with Gasteiger partial charge < -0.3 is 4.74 Å². The fourth-order valence-electron chi connectivity index (χ4n) is 4.90. The van der Waals surface area contributed by atoms with Gasteiger partial charge in [-0.15, -0.1) is 0 Å². The summed E-state index contributed by atoms with van der Waals surface area (Å²) in [7, 11) is 0. The highest BCUT2D eigenvalue weighted by molar-refractivity contribution is 5.87. The highest BCUT2D eigenvalue weighted by Gasteiger charge is 2.63. The van der Waals surface area contributed by atoms with Crippen LogP contribution in [0.4, 0.5) is 0 Å². The van der Waals surface area contributed by atoms with Crippen molar-refractivity contribution in [2.24, 2.45) is 23.7 Å². The van der Waals surface area contributed by atoms with Crippen LogP contribution in [0.1, 0.15) is 46.0 Å². The van der Waals surface area contributed by atoms with E-state index >= 15 is 0 Å². The van der Waals surface area contributed by atoms with E-state index in [1.807, 2.05) is 0 Å². The van der Waals surface area contributed by atoms with Crippen LogP contribution in [-0.4, -0.2) is 11.6 Å². The summed E-state index contributed by atoms with van der Waals surface area (Å²) in [5.74, 6) is 2.84. The van der Waals surface area contributed by atoms with Gasteiger partial charge in [0.05, 0.1) is 0 Å². The molecular weight excluding hydrogens is 212 g/mol. The van der Waals surface area contributed by atoms with Gasteiger partial charge in [0.2, 0.25) is 0 Å². The van der Waals surface area contributed by atoms with Gasteiger partial charge >= 0.3 is 5.97 Å². The van der Waals surface area contributed by atoms with Gasteiger partial charge in [0.1, 0.15) is 5.60 Å². The monoisotopic (exact) mass is 234 g/mol. The first kappa shape index (κ1) is 11.3. The molecule has 4 fully saturated rings. The topological polar surface area (TPSA) is 26.3 Å². The van der Waals surface area contributed by atoms with Crippen LogP contribution in [-0.2, 0) is 9.53 Å². The molecular formula is C15H22O2. The molecule has 5 atom stereocenters. The summed E-state index contributed by atoms with van der Waals surface area (Å²) in [6.45, 7) is 7.64. The molecule has 2 nitrogen and oxygen atoms in total. The third kappa shape index (κ3) is 1.42. The zero-order valence-electron chi connectivity index (χ0n) is 10.9. The molecule has 0 aromatic heterocycles. The molecule has 0 saturated heterocycles. The lowest BCUT2D eigenvalue weighted by molar-refractivity contribution is -0.170. The van der Waals surface area contributed by atoms with E-state index < -0.39 is 0 Å². The molecule has 0 spiro atoms. The minimum atomic E-state index is -0.178. The van der Waals surface area contributed by atoms with Crippen molar-refractivity contribution in [2.45, 2.75) is 51.6 Å². The van der Waals surface area contributed by atoms with Crippen molar-refractivity contribution in [3.8, 4) is 0 Å². The molecule has 0 N–H and O–H groups in total. The molecule has 4 aliphatic carbocycles. The quantitative estimate of drug-likeness (QED) is 0.553. The zero-order chi connectivity index (χ0) is 12.2. The molecule has 0 radical (unpaired) electrons. The van der Waals surface area contributed by atoms with Crippen LogP contribution in [0.5, 0.6) is 0 Å². The maximum absolute atomic E-state index is 11.9. The first-order valence-corrected chi connectivity index (χ1v) is 6.95. The van der Waals surface area contributed by atoms with Crippen LogP contribution in [0, 0.1) is 23.7 Å². The molecule has 94 valence electrons. The van der Waals surface area contributed by atoms with Crippen molar-refractivity contribution < 1.29 is 9.53 Å². The van der Waals surface area contributed by atoms with Gasteiger partial charge in [-0.05, 0) is 56.8 Å². The van der Waals surface area contributed by atoms with E-state index in [1.54, 1.807) is 6.92 Å². The second-order valence-corrected chi connectivity index (χ2v) is 6.35.